The highest BCUT2D eigenvalue weighted by molar-refractivity contribution is 5.70. The summed E-state index contributed by atoms with van der Waals surface area (Å²) in [4.78, 5) is 4.58. The molecule has 1 atom stereocenters. The monoisotopic (exact) mass is 406 g/mol. The van der Waals surface area contributed by atoms with Gasteiger partial charge in [0.15, 0.2) is 11.9 Å². The maximum Gasteiger partial charge on any atom is 0.341 e. The van der Waals surface area contributed by atoms with Crippen LogP contribution < -0.4 is 11.5 Å². The zero-order valence-corrected chi connectivity index (χ0v) is 18.7. The van der Waals surface area contributed by atoms with Gasteiger partial charge in [0, 0.05) is 6.42 Å². The summed E-state index contributed by atoms with van der Waals surface area (Å²) in [5.74, 6) is 1.83. The van der Waals surface area contributed by atoms with Gasteiger partial charge < -0.3 is 4.52 Å². The van der Waals surface area contributed by atoms with E-state index in [1.54, 1.807) is 0 Å². The lowest BCUT2D eigenvalue weighted by Gasteiger charge is -2.06. The number of aromatic nitrogens is 2. The molecule has 0 aromatic carbocycles. The maximum atomic E-state index is 5.76. The molecular weight excluding hydrogens is 362 g/mol. The standard InChI is InChI=1S/C23H43N5O/c1-2-3-4-5-6-7-8-9-10-11-12-13-14-15-18-21-26-22(29-27-21)20-17-16-19-28(20)23(24)25/h20H,2-19H2,1H3,(H3,24,25)/p+1/t20-/m0/s1. The minimum atomic E-state index is 0.0533. The van der Waals surface area contributed by atoms with Crippen LogP contribution in [-0.2, 0) is 6.42 Å². The van der Waals surface area contributed by atoms with Crippen LogP contribution in [0.25, 0.3) is 0 Å². The van der Waals surface area contributed by atoms with E-state index in [0.29, 0.717) is 11.9 Å². The summed E-state index contributed by atoms with van der Waals surface area (Å²) < 4.78 is 7.43. The third kappa shape index (κ3) is 9.18. The van der Waals surface area contributed by atoms with Gasteiger partial charge in [-0.25, -0.2) is 0 Å². The van der Waals surface area contributed by atoms with Gasteiger partial charge in [-0.2, -0.15) is 4.98 Å². The van der Waals surface area contributed by atoms with Crippen LogP contribution in [0.5, 0.6) is 0 Å². The van der Waals surface area contributed by atoms with Gasteiger partial charge in [0.1, 0.15) is 0 Å². The molecule has 0 spiro atoms. The van der Waals surface area contributed by atoms with E-state index >= 15 is 0 Å². The molecule has 0 saturated carbocycles. The van der Waals surface area contributed by atoms with Crippen molar-refractivity contribution >= 4 is 5.96 Å². The van der Waals surface area contributed by atoms with E-state index in [1.165, 1.54) is 83.5 Å². The molecule has 0 bridgehead atoms. The Kier molecular flexibility index (Phi) is 11.8. The first-order chi connectivity index (χ1) is 14.2. The Hall–Kier alpha value is -1.59. The van der Waals surface area contributed by atoms with Gasteiger partial charge >= 0.3 is 5.96 Å². The zero-order chi connectivity index (χ0) is 20.7. The molecule has 1 fully saturated rings. The number of hydrogen-bond acceptors (Lipinski definition) is 3. The van der Waals surface area contributed by atoms with Crippen molar-refractivity contribution in [2.75, 3.05) is 6.54 Å². The number of nitrogens with two attached hydrogens (primary N) is 2. The summed E-state index contributed by atoms with van der Waals surface area (Å²) in [6, 6.07) is 0.0533. The molecule has 0 unspecified atom stereocenters. The van der Waals surface area contributed by atoms with Crippen LogP contribution in [0.4, 0.5) is 0 Å². The summed E-state index contributed by atoms with van der Waals surface area (Å²) >= 11 is 0. The second-order valence-corrected chi connectivity index (χ2v) is 8.67. The van der Waals surface area contributed by atoms with Gasteiger partial charge in [-0.3, -0.25) is 16.0 Å². The van der Waals surface area contributed by atoms with Gasteiger partial charge in [-0.05, 0) is 19.3 Å². The predicted octanol–water partition coefficient (Wildman–Crippen LogP) is 5.21. The Morgan fingerprint density at radius 2 is 1.45 bits per heavy atom. The Morgan fingerprint density at radius 3 is 2.00 bits per heavy atom. The van der Waals surface area contributed by atoms with Gasteiger partial charge in [-0.15, -0.1) is 0 Å². The van der Waals surface area contributed by atoms with E-state index < -0.39 is 0 Å². The van der Waals surface area contributed by atoms with E-state index in [-0.39, 0.29) is 6.04 Å². The molecule has 4 N–H and O–H groups in total. The van der Waals surface area contributed by atoms with Crippen LogP contribution in [0, 0.1) is 0 Å². The van der Waals surface area contributed by atoms with Crippen LogP contribution >= 0.6 is 0 Å². The Bertz CT molecular complexity index is 580. The number of unbranched alkanes of at least 4 members (excludes halogenated alkanes) is 13. The number of nitrogens with zero attached hydrogens (tertiary/aromatic N) is 3. The zero-order valence-electron chi connectivity index (χ0n) is 18.7. The largest absolute Gasteiger partial charge is 0.341 e. The van der Waals surface area contributed by atoms with E-state index in [9.17, 15) is 0 Å². The molecule has 6 nitrogen and oxygen atoms in total. The highest BCUT2D eigenvalue weighted by Crippen LogP contribution is 2.27. The highest BCUT2D eigenvalue weighted by atomic mass is 16.5. The van der Waals surface area contributed by atoms with E-state index in [4.69, 9.17) is 16.0 Å². The van der Waals surface area contributed by atoms with Crippen LogP contribution in [0.2, 0.25) is 0 Å². The lowest BCUT2D eigenvalue weighted by atomic mass is 10.0. The minimum Gasteiger partial charge on any atom is -0.335 e. The third-order valence-corrected chi connectivity index (χ3v) is 6.11. The molecule has 2 rings (SSSR count). The van der Waals surface area contributed by atoms with Crippen molar-refractivity contribution in [3.05, 3.63) is 11.7 Å². The predicted molar refractivity (Wildman–Crippen MR) is 119 cm³/mol. The maximum absolute atomic E-state index is 5.76. The summed E-state index contributed by atoms with van der Waals surface area (Å²) in [6.07, 6.45) is 22.1. The molecule has 2 heterocycles. The lowest BCUT2D eigenvalue weighted by molar-refractivity contribution is -0.555. The second-order valence-electron chi connectivity index (χ2n) is 8.67. The molecule has 1 saturated heterocycles. The van der Waals surface area contributed by atoms with Gasteiger partial charge in [0.05, 0.1) is 6.54 Å². The summed E-state index contributed by atoms with van der Waals surface area (Å²) in [6.45, 7) is 3.15. The molecule has 166 valence electrons. The topological polar surface area (TPSA) is 94.0 Å². The first-order valence-corrected chi connectivity index (χ1v) is 12.2. The number of rotatable bonds is 16. The SMILES string of the molecule is CCCCCCCCCCCCCCCCc1noc([C@@H]2CCC[N+]2=C(N)N)n1. The Labute approximate surface area is 177 Å². The average molecular weight is 407 g/mol. The first-order valence-electron chi connectivity index (χ1n) is 12.2. The highest BCUT2D eigenvalue weighted by Gasteiger charge is 2.31. The molecule has 1 aliphatic rings. The van der Waals surface area contributed by atoms with Crippen molar-refractivity contribution in [2.24, 2.45) is 11.5 Å². The molecule has 6 heteroatoms. The number of aryl methyl sites for hydroxylation is 1. The van der Waals surface area contributed by atoms with Crippen molar-refractivity contribution in [3.63, 3.8) is 0 Å². The van der Waals surface area contributed by atoms with Gasteiger partial charge in [0.2, 0.25) is 0 Å². The molecule has 1 aliphatic heterocycles. The van der Waals surface area contributed by atoms with Crippen LogP contribution in [0.3, 0.4) is 0 Å². The van der Waals surface area contributed by atoms with Crippen LogP contribution in [0.15, 0.2) is 4.52 Å². The fraction of sp³-hybridized carbons (Fsp3) is 0.870. The molecule has 0 radical (unpaired) electrons. The lowest BCUT2D eigenvalue weighted by Crippen LogP contribution is -2.35. The average Bonchev–Trinajstić information content (AvgIpc) is 3.37. The Balaban J connectivity index is 1.45. The molecule has 0 aliphatic carbocycles. The molecule has 29 heavy (non-hydrogen) atoms. The minimum absolute atomic E-state index is 0.0533. The van der Waals surface area contributed by atoms with Crippen LogP contribution in [0.1, 0.15) is 127 Å². The number of hydrogen-bond donors (Lipinski definition) is 2. The van der Waals surface area contributed by atoms with Crippen LogP contribution in [-0.4, -0.2) is 27.2 Å². The van der Waals surface area contributed by atoms with Crippen molar-refractivity contribution in [2.45, 2.75) is 122 Å². The number of guanidine groups is 1. The summed E-state index contributed by atoms with van der Waals surface area (Å²) in [7, 11) is 0. The summed E-state index contributed by atoms with van der Waals surface area (Å²) in [5.41, 5.74) is 11.5. The Morgan fingerprint density at radius 1 is 0.897 bits per heavy atom. The smallest absolute Gasteiger partial charge is 0.335 e. The third-order valence-electron chi connectivity index (χ3n) is 6.11. The second kappa shape index (κ2) is 14.4. The van der Waals surface area contributed by atoms with Crippen molar-refractivity contribution < 1.29 is 9.10 Å². The van der Waals surface area contributed by atoms with Gasteiger partial charge in [-0.1, -0.05) is 95.6 Å². The van der Waals surface area contributed by atoms with E-state index in [0.717, 1.165) is 38.1 Å². The molecular formula is C23H44N5O+. The molecule has 1 aromatic rings. The van der Waals surface area contributed by atoms with Crippen molar-refractivity contribution in [1.82, 2.24) is 10.1 Å². The fourth-order valence-electron chi connectivity index (χ4n) is 4.31. The van der Waals surface area contributed by atoms with Crippen molar-refractivity contribution in [1.29, 1.82) is 0 Å². The summed E-state index contributed by atoms with van der Waals surface area (Å²) in [5, 5.41) is 4.15. The normalized spacial score (nSPS) is 16.6. The van der Waals surface area contributed by atoms with Crippen molar-refractivity contribution in [3.8, 4) is 0 Å². The fourth-order valence-corrected chi connectivity index (χ4v) is 4.31. The molecule has 1 aromatic heterocycles. The van der Waals surface area contributed by atoms with Gasteiger partial charge in [0.25, 0.3) is 5.89 Å². The van der Waals surface area contributed by atoms with E-state index in [1.807, 2.05) is 4.58 Å². The van der Waals surface area contributed by atoms with E-state index in [2.05, 4.69) is 17.1 Å². The quantitative estimate of drug-likeness (QED) is 0.223. The first kappa shape index (κ1) is 23.7. The molecule has 0 amide bonds.